The Hall–Kier alpha value is -4.15. The highest BCUT2D eigenvalue weighted by atomic mass is 35.5. The van der Waals surface area contributed by atoms with E-state index in [1.54, 1.807) is 0 Å². The van der Waals surface area contributed by atoms with Gasteiger partial charge in [-0.15, -0.1) is 0 Å². The summed E-state index contributed by atoms with van der Waals surface area (Å²) in [7, 11) is -4.96. The van der Waals surface area contributed by atoms with Crippen molar-refractivity contribution in [1.29, 1.82) is 5.26 Å². The van der Waals surface area contributed by atoms with Gasteiger partial charge in [0.2, 0.25) is 11.7 Å². The second kappa shape index (κ2) is 10.5. The highest BCUT2D eigenvalue weighted by molar-refractivity contribution is 7.92. The Labute approximate surface area is 226 Å². The third-order valence-electron chi connectivity index (χ3n) is 5.51. The van der Waals surface area contributed by atoms with Crippen LogP contribution in [-0.2, 0) is 19.6 Å². The van der Waals surface area contributed by atoms with E-state index in [2.05, 4.69) is 15.3 Å². The number of Topliss-reactive ketones (excluding diaryl/α,β-unsaturated/α-hetero) is 1. The Morgan fingerprint density at radius 3 is 2.51 bits per heavy atom. The van der Waals surface area contributed by atoms with E-state index in [4.69, 9.17) is 21.6 Å². The SMILES string of the molecule is CC1(C)OC(c2ccnc(NCCC#N)n2)=C(c2cc(Cl)cc(NS(=O)(=O)c3c(F)cccc3F)c2F)C1=O. The summed E-state index contributed by atoms with van der Waals surface area (Å²) in [5.74, 6) is -4.71. The van der Waals surface area contributed by atoms with Crippen LogP contribution in [0.25, 0.3) is 11.3 Å². The topological polar surface area (TPSA) is 134 Å². The van der Waals surface area contributed by atoms with Gasteiger partial charge in [-0.05, 0) is 44.2 Å². The van der Waals surface area contributed by atoms with Crippen molar-refractivity contribution in [2.24, 2.45) is 0 Å². The van der Waals surface area contributed by atoms with E-state index >= 15 is 4.39 Å². The van der Waals surface area contributed by atoms with Crippen LogP contribution in [0.5, 0.6) is 0 Å². The normalized spacial score (nSPS) is 14.6. The predicted octanol–water partition coefficient (Wildman–Crippen LogP) is 4.92. The molecule has 14 heteroatoms. The van der Waals surface area contributed by atoms with Crippen LogP contribution in [0, 0.1) is 28.8 Å². The van der Waals surface area contributed by atoms with E-state index < -0.39 is 55.0 Å². The summed E-state index contributed by atoms with van der Waals surface area (Å²) >= 11 is 6.16. The van der Waals surface area contributed by atoms with Crippen LogP contribution in [0.15, 0.2) is 47.5 Å². The maximum atomic E-state index is 15.9. The average Bonchev–Trinajstić information content (AvgIpc) is 3.10. The van der Waals surface area contributed by atoms with Crippen LogP contribution in [0.2, 0.25) is 5.02 Å². The lowest BCUT2D eigenvalue weighted by Gasteiger charge is -2.17. The zero-order valence-corrected chi connectivity index (χ0v) is 21.9. The molecule has 1 aromatic heterocycles. The van der Waals surface area contributed by atoms with Crippen molar-refractivity contribution in [2.45, 2.75) is 30.8 Å². The van der Waals surface area contributed by atoms with Crippen molar-refractivity contribution < 1.29 is 31.1 Å². The molecule has 39 heavy (non-hydrogen) atoms. The fourth-order valence-corrected chi connectivity index (χ4v) is 5.17. The standard InChI is InChI=1S/C25H19ClF3N5O4S/c1-25(2)23(35)19(21(38-25)17-7-10-32-24(33-17)31-9-4-8-30)14-11-13(26)12-18(20(14)29)34-39(36,37)22-15(27)5-3-6-16(22)28/h3,5-7,10-12,34H,4,9H2,1-2H3,(H,31,32,33). The minimum atomic E-state index is -4.96. The highest BCUT2D eigenvalue weighted by Crippen LogP contribution is 2.43. The van der Waals surface area contributed by atoms with E-state index in [9.17, 15) is 22.0 Å². The lowest BCUT2D eigenvalue weighted by atomic mass is 9.92. The Morgan fingerprint density at radius 1 is 1.15 bits per heavy atom. The molecule has 0 bridgehead atoms. The number of nitrogens with one attached hydrogen (secondary N) is 2. The number of aromatic nitrogens is 2. The van der Waals surface area contributed by atoms with E-state index in [0.717, 1.165) is 30.3 Å². The molecule has 0 saturated heterocycles. The summed E-state index contributed by atoms with van der Waals surface area (Å²) in [5, 5.41) is 11.4. The van der Waals surface area contributed by atoms with Crippen molar-refractivity contribution in [3.05, 3.63) is 76.3 Å². The fourth-order valence-electron chi connectivity index (χ4n) is 3.76. The molecule has 2 N–H and O–H groups in total. The summed E-state index contributed by atoms with van der Waals surface area (Å²) in [6.45, 7) is 3.14. The number of halogens is 4. The van der Waals surface area contributed by atoms with E-state index in [1.807, 2.05) is 10.8 Å². The molecule has 0 spiro atoms. The summed E-state index contributed by atoms with van der Waals surface area (Å²) in [5.41, 5.74) is -2.86. The van der Waals surface area contributed by atoms with Gasteiger partial charge in [-0.2, -0.15) is 5.26 Å². The van der Waals surface area contributed by atoms with Crippen molar-refractivity contribution in [1.82, 2.24) is 9.97 Å². The van der Waals surface area contributed by atoms with Crippen LogP contribution in [0.3, 0.4) is 0 Å². The second-order valence-electron chi connectivity index (χ2n) is 8.72. The van der Waals surface area contributed by atoms with Crippen molar-refractivity contribution in [3.8, 4) is 6.07 Å². The average molecular weight is 578 g/mol. The molecule has 1 aliphatic rings. The Kier molecular flexibility index (Phi) is 7.54. The molecule has 0 atom stereocenters. The number of carbonyl (C=O) groups is 1. The number of nitriles is 1. The first-order chi connectivity index (χ1) is 18.4. The number of hydrogen-bond acceptors (Lipinski definition) is 8. The van der Waals surface area contributed by atoms with Crippen LogP contribution in [0.1, 0.15) is 31.5 Å². The maximum Gasteiger partial charge on any atom is 0.267 e. The summed E-state index contributed by atoms with van der Waals surface area (Å²) in [6, 6.07) is 7.79. The van der Waals surface area contributed by atoms with Crippen molar-refractivity contribution >= 4 is 50.4 Å². The number of nitrogens with zero attached hydrogens (tertiary/aromatic N) is 3. The van der Waals surface area contributed by atoms with Gasteiger partial charge in [0.05, 0.1) is 23.8 Å². The maximum absolute atomic E-state index is 15.9. The van der Waals surface area contributed by atoms with Gasteiger partial charge in [-0.3, -0.25) is 9.52 Å². The molecular weight excluding hydrogens is 559 g/mol. The Bertz CT molecular complexity index is 1650. The van der Waals surface area contributed by atoms with Crippen LogP contribution in [0.4, 0.5) is 24.8 Å². The number of sulfonamides is 1. The van der Waals surface area contributed by atoms with Gasteiger partial charge in [-0.25, -0.2) is 31.6 Å². The van der Waals surface area contributed by atoms with Crippen molar-refractivity contribution in [2.75, 3.05) is 16.6 Å². The zero-order valence-electron chi connectivity index (χ0n) is 20.4. The summed E-state index contributed by atoms with van der Waals surface area (Å²) in [6.07, 6.45) is 1.53. The van der Waals surface area contributed by atoms with Gasteiger partial charge >= 0.3 is 0 Å². The monoisotopic (exact) mass is 577 g/mol. The van der Waals surface area contributed by atoms with Crippen molar-refractivity contribution in [3.63, 3.8) is 0 Å². The lowest BCUT2D eigenvalue weighted by molar-refractivity contribution is -0.125. The van der Waals surface area contributed by atoms with E-state index in [0.29, 0.717) is 0 Å². The van der Waals surface area contributed by atoms with Crippen LogP contribution in [-0.4, -0.2) is 36.3 Å². The minimum absolute atomic E-state index is 0.0910. The van der Waals surface area contributed by atoms with Gasteiger partial charge in [0.15, 0.2) is 22.1 Å². The van der Waals surface area contributed by atoms with E-state index in [-0.39, 0.29) is 41.0 Å². The molecule has 202 valence electrons. The summed E-state index contributed by atoms with van der Waals surface area (Å²) < 4.78 is 77.5. The first-order valence-corrected chi connectivity index (χ1v) is 13.1. The quantitative estimate of drug-likeness (QED) is 0.360. The molecule has 0 saturated carbocycles. The third-order valence-corrected chi connectivity index (χ3v) is 7.14. The van der Waals surface area contributed by atoms with Gasteiger partial charge in [0.1, 0.15) is 17.3 Å². The molecule has 3 aromatic rings. The predicted molar refractivity (Wildman–Crippen MR) is 136 cm³/mol. The third kappa shape index (κ3) is 5.52. The fraction of sp³-hybridized carbons (Fsp3) is 0.200. The molecule has 2 heterocycles. The smallest absolute Gasteiger partial charge is 0.267 e. The van der Waals surface area contributed by atoms with Gasteiger partial charge in [0, 0.05) is 23.3 Å². The number of hydrogen-bond donors (Lipinski definition) is 2. The molecule has 9 nitrogen and oxygen atoms in total. The zero-order chi connectivity index (χ0) is 28.5. The largest absolute Gasteiger partial charge is 0.477 e. The Morgan fingerprint density at radius 2 is 1.85 bits per heavy atom. The highest BCUT2D eigenvalue weighted by Gasteiger charge is 2.44. The van der Waals surface area contributed by atoms with Crippen LogP contribution >= 0.6 is 11.6 Å². The number of benzene rings is 2. The molecule has 0 radical (unpaired) electrons. The molecule has 0 unspecified atom stereocenters. The number of anilines is 2. The first-order valence-electron chi connectivity index (χ1n) is 11.2. The number of carbonyl (C=O) groups excluding carboxylic acids is 1. The number of ketones is 1. The first kappa shape index (κ1) is 27.9. The number of rotatable bonds is 8. The summed E-state index contributed by atoms with van der Waals surface area (Å²) in [4.78, 5) is 20.4. The molecule has 2 aromatic carbocycles. The number of ether oxygens (including phenoxy) is 1. The molecule has 0 fully saturated rings. The molecular formula is C25H19ClF3N5O4S. The molecule has 0 aliphatic carbocycles. The van der Waals surface area contributed by atoms with Gasteiger partial charge < -0.3 is 10.1 Å². The Balaban J connectivity index is 1.84. The molecule has 1 aliphatic heterocycles. The van der Waals surface area contributed by atoms with Crippen LogP contribution < -0.4 is 10.0 Å². The van der Waals surface area contributed by atoms with Gasteiger partial charge in [0.25, 0.3) is 10.0 Å². The molecule has 4 rings (SSSR count). The minimum Gasteiger partial charge on any atom is -0.477 e. The lowest BCUT2D eigenvalue weighted by Crippen LogP contribution is -2.29. The van der Waals surface area contributed by atoms with E-state index in [1.165, 1.54) is 26.1 Å². The van der Waals surface area contributed by atoms with Gasteiger partial charge in [-0.1, -0.05) is 17.7 Å². The molecule has 0 amide bonds. The second-order valence-corrected chi connectivity index (χ2v) is 10.8.